The van der Waals surface area contributed by atoms with Crippen molar-refractivity contribution < 1.29 is 9.47 Å². The summed E-state index contributed by atoms with van der Waals surface area (Å²) in [4.78, 5) is 19.2. The Hall–Kier alpha value is -3.57. The molecule has 1 saturated heterocycles. The number of hydrogen-bond donors (Lipinski definition) is 2. The number of ether oxygens (including phenoxy) is 2. The number of methoxy groups -OCH3 is 1. The van der Waals surface area contributed by atoms with Gasteiger partial charge in [0, 0.05) is 23.2 Å². The number of hydrogen-bond acceptors (Lipinski definition) is 6. The number of aromatic amines is 2. The SMILES string of the molecule is COc1ncc2c(C#N)c(C3CC3)[nH]c2c1-c1nc2c(OCC3CC3)c(C3CCN(C)CC3)ccc2[nH]1. The van der Waals surface area contributed by atoms with Gasteiger partial charge in [-0.3, -0.25) is 0 Å². The van der Waals surface area contributed by atoms with Gasteiger partial charge in [0.1, 0.15) is 23.0 Å². The van der Waals surface area contributed by atoms with Gasteiger partial charge in [-0.25, -0.2) is 9.97 Å². The Labute approximate surface area is 216 Å². The summed E-state index contributed by atoms with van der Waals surface area (Å²) >= 11 is 0. The Morgan fingerprint density at radius 3 is 2.59 bits per heavy atom. The number of aromatic nitrogens is 4. The number of nitriles is 1. The van der Waals surface area contributed by atoms with Crippen molar-refractivity contribution in [3.8, 4) is 29.1 Å². The number of nitrogens with one attached hydrogen (secondary N) is 2. The summed E-state index contributed by atoms with van der Waals surface area (Å²) in [6, 6.07) is 6.77. The van der Waals surface area contributed by atoms with Crippen LogP contribution in [0.25, 0.3) is 33.3 Å². The van der Waals surface area contributed by atoms with Crippen molar-refractivity contribution in [2.75, 3.05) is 33.9 Å². The van der Waals surface area contributed by atoms with E-state index < -0.39 is 0 Å². The van der Waals surface area contributed by atoms with E-state index in [0.29, 0.717) is 35.0 Å². The summed E-state index contributed by atoms with van der Waals surface area (Å²) < 4.78 is 12.2. The zero-order chi connectivity index (χ0) is 25.1. The van der Waals surface area contributed by atoms with Gasteiger partial charge in [-0.2, -0.15) is 5.26 Å². The maximum absolute atomic E-state index is 9.93. The van der Waals surface area contributed by atoms with Crippen LogP contribution >= 0.6 is 0 Å². The molecule has 0 radical (unpaired) electrons. The van der Waals surface area contributed by atoms with E-state index in [4.69, 9.17) is 14.5 Å². The molecule has 8 nitrogen and oxygen atoms in total. The van der Waals surface area contributed by atoms with Crippen LogP contribution in [-0.2, 0) is 0 Å². The van der Waals surface area contributed by atoms with Crippen LogP contribution in [0.5, 0.6) is 11.6 Å². The number of fused-ring (bicyclic) bond motifs is 2. The summed E-state index contributed by atoms with van der Waals surface area (Å²) in [7, 11) is 3.82. The highest BCUT2D eigenvalue weighted by molar-refractivity contribution is 6.00. The topological polar surface area (TPSA) is 103 Å². The normalized spacial score (nSPS) is 18.9. The highest BCUT2D eigenvalue weighted by atomic mass is 16.5. The van der Waals surface area contributed by atoms with Gasteiger partial charge in [-0.15, -0.1) is 0 Å². The molecule has 4 heterocycles. The van der Waals surface area contributed by atoms with Crippen molar-refractivity contribution in [2.45, 2.75) is 50.4 Å². The molecule has 0 amide bonds. The fourth-order valence-corrected chi connectivity index (χ4v) is 5.79. The van der Waals surface area contributed by atoms with E-state index in [1.54, 1.807) is 13.3 Å². The van der Waals surface area contributed by atoms with Crippen LogP contribution < -0.4 is 9.47 Å². The number of benzene rings is 1. The lowest BCUT2D eigenvalue weighted by atomic mass is 9.88. The summed E-state index contributed by atoms with van der Waals surface area (Å²) in [5.74, 6) is 3.61. The predicted molar refractivity (Wildman–Crippen MR) is 142 cm³/mol. The second-order valence-electron chi connectivity index (χ2n) is 11.0. The Bertz CT molecular complexity index is 1530. The number of nitrogens with zero attached hydrogens (tertiary/aromatic N) is 4. The fourth-order valence-electron chi connectivity index (χ4n) is 5.79. The molecular weight excluding hydrogens is 464 g/mol. The van der Waals surface area contributed by atoms with Crippen molar-refractivity contribution >= 4 is 21.9 Å². The Morgan fingerprint density at radius 1 is 1.08 bits per heavy atom. The number of pyridine rings is 1. The van der Waals surface area contributed by atoms with E-state index in [1.807, 2.05) is 0 Å². The van der Waals surface area contributed by atoms with Gasteiger partial charge in [0.15, 0.2) is 5.75 Å². The van der Waals surface area contributed by atoms with Gasteiger partial charge in [-0.1, -0.05) is 6.07 Å². The lowest BCUT2D eigenvalue weighted by Crippen LogP contribution is -2.29. The minimum Gasteiger partial charge on any atom is -0.491 e. The summed E-state index contributed by atoms with van der Waals surface area (Å²) in [5, 5.41) is 10.7. The van der Waals surface area contributed by atoms with Crippen LogP contribution in [0.2, 0.25) is 0 Å². The average molecular weight is 497 g/mol. The van der Waals surface area contributed by atoms with E-state index in [-0.39, 0.29) is 0 Å². The molecule has 2 aliphatic carbocycles. The van der Waals surface area contributed by atoms with Gasteiger partial charge in [0.2, 0.25) is 5.88 Å². The highest BCUT2D eigenvalue weighted by Crippen LogP contribution is 2.46. The Balaban J connectivity index is 1.38. The van der Waals surface area contributed by atoms with Crippen LogP contribution in [0.1, 0.15) is 67.2 Å². The minimum atomic E-state index is 0.413. The first-order valence-corrected chi connectivity index (χ1v) is 13.5. The van der Waals surface area contributed by atoms with E-state index in [2.05, 4.69) is 45.1 Å². The second-order valence-corrected chi connectivity index (χ2v) is 11.0. The molecule has 2 saturated carbocycles. The first-order valence-electron chi connectivity index (χ1n) is 13.5. The van der Waals surface area contributed by atoms with Gasteiger partial charge >= 0.3 is 0 Å². The van der Waals surface area contributed by atoms with Gasteiger partial charge in [0.05, 0.1) is 30.3 Å². The van der Waals surface area contributed by atoms with Crippen LogP contribution in [0.3, 0.4) is 0 Å². The molecule has 3 aliphatic rings. The minimum absolute atomic E-state index is 0.413. The molecule has 3 fully saturated rings. The van der Waals surface area contributed by atoms with Crippen molar-refractivity contribution in [3.05, 3.63) is 35.2 Å². The van der Waals surface area contributed by atoms with Crippen molar-refractivity contribution in [1.29, 1.82) is 5.26 Å². The third-order valence-corrected chi connectivity index (χ3v) is 8.33. The molecular formula is C29H32N6O2. The maximum atomic E-state index is 9.93. The Morgan fingerprint density at radius 2 is 1.89 bits per heavy atom. The van der Waals surface area contributed by atoms with Crippen molar-refractivity contribution in [3.63, 3.8) is 0 Å². The average Bonchev–Trinajstić information content (AvgIpc) is 3.85. The molecule has 7 rings (SSSR count). The van der Waals surface area contributed by atoms with Gasteiger partial charge < -0.3 is 24.3 Å². The molecule has 8 heteroatoms. The molecule has 37 heavy (non-hydrogen) atoms. The van der Waals surface area contributed by atoms with Crippen LogP contribution in [-0.4, -0.2) is 58.7 Å². The number of piperidine rings is 1. The smallest absolute Gasteiger partial charge is 0.226 e. The van der Waals surface area contributed by atoms with Crippen LogP contribution in [0.4, 0.5) is 0 Å². The fraction of sp³-hybridized carbons (Fsp3) is 0.483. The van der Waals surface area contributed by atoms with Crippen molar-refractivity contribution in [1.82, 2.24) is 24.8 Å². The summed E-state index contributed by atoms with van der Waals surface area (Å²) in [5.41, 5.74) is 6.36. The monoisotopic (exact) mass is 496 g/mol. The van der Waals surface area contributed by atoms with Crippen molar-refractivity contribution in [2.24, 2.45) is 5.92 Å². The third-order valence-electron chi connectivity index (χ3n) is 8.33. The molecule has 1 aliphatic heterocycles. The number of imidazole rings is 1. The van der Waals surface area contributed by atoms with Gasteiger partial charge in [0.25, 0.3) is 0 Å². The molecule has 190 valence electrons. The molecule has 0 spiro atoms. The Kier molecular flexibility index (Phi) is 5.36. The molecule has 2 N–H and O–H groups in total. The summed E-state index contributed by atoms with van der Waals surface area (Å²) in [6.07, 6.45) is 8.69. The lowest BCUT2D eigenvalue weighted by Gasteiger charge is -2.30. The zero-order valence-electron chi connectivity index (χ0n) is 21.4. The first kappa shape index (κ1) is 22.6. The molecule has 3 aromatic heterocycles. The van der Waals surface area contributed by atoms with E-state index in [9.17, 15) is 5.26 Å². The van der Waals surface area contributed by atoms with E-state index >= 15 is 0 Å². The molecule has 1 aromatic carbocycles. The molecule has 0 bridgehead atoms. The molecule has 0 atom stereocenters. The lowest BCUT2D eigenvalue weighted by molar-refractivity contribution is 0.248. The third kappa shape index (κ3) is 3.93. The predicted octanol–water partition coefficient (Wildman–Crippen LogP) is 5.46. The molecule has 0 unspecified atom stereocenters. The van der Waals surface area contributed by atoms with E-state index in [0.717, 1.165) is 84.3 Å². The zero-order valence-corrected chi connectivity index (χ0v) is 21.4. The summed E-state index contributed by atoms with van der Waals surface area (Å²) in [6.45, 7) is 2.94. The quantitative estimate of drug-likeness (QED) is 0.352. The van der Waals surface area contributed by atoms with Crippen LogP contribution in [0, 0.1) is 17.2 Å². The maximum Gasteiger partial charge on any atom is 0.226 e. The van der Waals surface area contributed by atoms with Gasteiger partial charge in [-0.05, 0) is 82.1 Å². The number of H-pyrrole nitrogens is 2. The van der Waals surface area contributed by atoms with Crippen LogP contribution in [0.15, 0.2) is 18.3 Å². The number of rotatable bonds is 7. The van der Waals surface area contributed by atoms with E-state index in [1.165, 1.54) is 18.4 Å². The molecule has 4 aromatic rings. The highest BCUT2D eigenvalue weighted by Gasteiger charge is 2.32. The standard InChI is InChI=1S/C29H32N6O2/c1-35-11-9-17(10-12-35)19-7-8-22-26(27(19)37-15-16-3-4-16)34-28(32-22)23-25-21(14-31-29(23)36-2)20(13-30)24(33-25)18-5-6-18/h7-8,14,16-18,33H,3-6,9-12,15H2,1-2H3,(H,32,34). The second kappa shape index (κ2) is 8.77. The number of likely N-dealkylation sites (tertiary alicyclic amines) is 1. The largest absolute Gasteiger partial charge is 0.491 e. The first-order chi connectivity index (χ1) is 18.1.